The van der Waals surface area contributed by atoms with Crippen LogP contribution in [-0.2, 0) is 0 Å². The molecule has 5 heteroatoms. The van der Waals surface area contributed by atoms with Crippen molar-refractivity contribution in [3.8, 4) is 23.0 Å². The van der Waals surface area contributed by atoms with Crippen molar-refractivity contribution in [1.82, 2.24) is 0 Å². The van der Waals surface area contributed by atoms with Gasteiger partial charge in [-0.15, -0.1) is 0 Å². The number of hydrogen-bond acceptors (Lipinski definition) is 5. The Morgan fingerprint density at radius 3 is 2.15 bits per heavy atom. The number of para-hydroxylation sites is 2. The van der Waals surface area contributed by atoms with Crippen LogP contribution in [0.4, 0.5) is 0 Å². The molecule has 0 spiro atoms. The van der Waals surface area contributed by atoms with Gasteiger partial charge in [0.15, 0.2) is 28.8 Å². The van der Waals surface area contributed by atoms with E-state index in [1.54, 1.807) is 0 Å². The van der Waals surface area contributed by atoms with Crippen LogP contribution in [0, 0.1) is 0 Å². The van der Waals surface area contributed by atoms with Gasteiger partial charge in [-0.05, 0) is 30.4 Å². The Morgan fingerprint density at radius 2 is 1.45 bits per heavy atom. The van der Waals surface area contributed by atoms with Crippen molar-refractivity contribution in [2.75, 3.05) is 0 Å². The predicted molar refractivity (Wildman–Crippen MR) is 72.9 cm³/mol. The number of allylic oxidation sites excluding steroid dienone is 1. The smallest absolute Gasteiger partial charge is 0.189 e. The Morgan fingerprint density at radius 1 is 0.850 bits per heavy atom. The summed E-state index contributed by atoms with van der Waals surface area (Å²) in [4.78, 5) is 11.9. The third-order valence-corrected chi connectivity index (χ3v) is 2.74. The molecular formula is C15H12O5. The van der Waals surface area contributed by atoms with Gasteiger partial charge in [-0.3, -0.25) is 4.79 Å². The molecule has 102 valence electrons. The van der Waals surface area contributed by atoms with E-state index in [2.05, 4.69) is 0 Å². The van der Waals surface area contributed by atoms with E-state index < -0.39 is 11.5 Å². The SMILES string of the molecule is O=C(/C=C/c1cccc(O)c1O)c1cccc(O)c1O. The fourth-order valence-corrected chi connectivity index (χ4v) is 1.67. The molecule has 0 saturated heterocycles. The molecule has 0 heterocycles. The summed E-state index contributed by atoms with van der Waals surface area (Å²) in [5.41, 5.74) is 0.207. The lowest BCUT2D eigenvalue weighted by atomic mass is 10.1. The standard InChI is InChI=1S/C15H12O5/c16-11(10-4-2-6-13(18)15(10)20)8-7-9-3-1-5-12(17)14(9)19/h1-8,17-20H/b8-7+. The van der Waals surface area contributed by atoms with Crippen molar-refractivity contribution < 1.29 is 25.2 Å². The van der Waals surface area contributed by atoms with Crippen molar-refractivity contribution in [3.63, 3.8) is 0 Å². The first kappa shape index (κ1) is 13.5. The molecule has 2 aromatic rings. The second-order valence-corrected chi connectivity index (χ2v) is 4.09. The molecule has 0 aliphatic carbocycles. The fourth-order valence-electron chi connectivity index (χ4n) is 1.67. The monoisotopic (exact) mass is 272 g/mol. The summed E-state index contributed by atoms with van der Waals surface area (Å²) in [6.07, 6.45) is 2.43. The zero-order valence-electron chi connectivity index (χ0n) is 10.3. The summed E-state index contributed by atoms with van der Waals surface area (Å²) < 4.78 is 0. The normalized spacial score (nSPS) is 10.8. The molecular weight excluding hydrogens is 260 g/mol. The molecule has 0 aliphatic heterocycles. The van der Waals surface area contributed by atoms with Gasteiger partial charge in [-0.2, -0.15) is 0 Å². The minimum absolute atomic E-state index is 0.0547. The van der Waals surface area contributed by atoms with Crippen LogP contribution < -0.4 is 0 Å². The maximum absolute atomic E-state index is 11.9. The molecule has 0 aromatic heterocycles. The third-order valence-electron chi connectivity index (χ3n) is 2.74. The number of hydrogen-bond donors (Lipinski definition) is 4. The number of phenols is 4. The van der Waals surface area contributed by atoms with Gasteiger partial charge in [0.05, 0.1) is 5.56 Å². The fraction of sp³-hybridized carbons (Fsp3) is 0. The Hall–Kier alpha value is -2.95. The lowest BCUT2D eigenvalue weighted by Crippen LogP contribution is -1.94. The van der Waals surface area contributed by atoms with Crippen LogP contribution in [0.1, 0.15) is 15.9 Å². The van der Waals surface area contributed by atoms with Crippen LogP contribution in [0.3, 0.4) is 0 Å². The minimum atomic E-state index is -0.541. The summed E-state index contributed by atoms with van der Waals surface area (Å²) in [7, 11) is 0. The molecule has 0 radical (unpaired) electrons. The molecule has 20 heavy (non-hydrogen) atoms. The molecule has 0 fully saturated rings. The topological polar surface area (TPSA) is 98.0 Å². The van der Waals surface area contributed by atoms with Gasteiger partial charge in [0.2, 0.25) is 0 Å². The van der Waals surface area contributed by atoms with Crippen LogP contribution in [0.15, 0.2) is 42.5 Å². The Balaban J connectivity index is 2.30. The van der Waals surface area contributed by atoms with Gasteiger partial charge in [0.1, 0.15) is 0 Å². The van der Waals surface area contributed by atoms with Gasteiger partial charge in [0, 0.05) is 5.56 Å². The van der Waals surface area contributed by atoms with Crippen molar-refractivity contribution in [2.45, 2.75) is 0 Å². The molecule has 2 rings (SSSR count). The van der Waals surface area contributed by atoms with E-state index >= 15 is 0 Å². The highest BCUT2D eigenvalue weighted by molar-refractivity contribution is 6.09. The molecule has 0 bridgehead atoms. The number of rotatable bonds is 3. The lowest BCUT2D eigenvalue weighted by Gasteiger charge is -2.03. The van der Waals surface area contributed by atoms with Gasteiger partial charge >= 0.3 is 0 Å². The zero-order chi connectivity index (χ0) is 14.7. The average molecular weight is 272 g/mol. The average Bonchev–Trinajstić information content (AvgIpc) is 2.43. The minimum Gasteiger partial charge on any atom is -0.504 e. The Labute approximate surface area is 114 Å². The van der Waals surface area contributed by atoms with Crippen LogP contribution in [0.2, 0.25) is 0 Å². The summed E-state index contributed by atoms with van der Waals surface area (Å²) in [5, 5.41) is 37.8. The second-order valence-electron chi connectivity index (χ2n) is 4.09. The summed E-state index contributed by atoms with van der Waals surface area (Å²) in [5.74, 6) is -2.05. The number of ketones is 1. The largest absolute Gasteiger partial charge is 0.504 e. The number of aromatic hydroxyl groups is 4. The molecule has 5 nitrogen and oxygen atoms in total. The molecule has 0 aliphatic rings. The van der Waals surface area contributed by atoms with Gasteiger partial charge < -0.3 is 20.4 Å². The first-order valence-corrected chi connectivity index (χ1v) is 5.75. The quantitative estimate of drug-likeness (QED) is 0.391. The highest BCUT2D eigenvalue weighted by atomic mass is 16.3. The highest BCUT2D eigenvalue weighted by Gasteiger charge is 2.11. The van der Waals surface area contributed by atoms with Crippen LogP contribution in [-0.4, -0.2) is 26.2 Å². The molecule has 0 atom stereocenters. The van der Waals surface area contributed by atoms with Crippen LogP contribution >= 0.6 is 0 Å². The third kappa shape index (κ3) is 2.56. The van der Waals surface area contributed by atoms with Crippen LogP contribution in [0.5, 0.6) is 23.0 Å². The number of benzene rings is 2. The summed E-state index contributed by atoms with van der Waals surface area (Å²) in [6.45, 7) is 0. The van der Waals surface area contributed by atoms with Crippen molar-refractivity contribution in [3.05, 3.63) is 53.6 Å². The number of carbonyl (C=O) groups is 1. The van der Waals surface area contributed by atoms with Gasteiger partial charge in [0.25, 0.3) is 0 Å². The number of carbonyl (C=O) groups excluding carboxylic acids is 1. The first-order chi connectivity index (χ1) is 9.50. The van der Waals surface area contributed by atoms with E-state index in [0.717, 1.165) is 6.08 Å². The van der Waals surface area contributed by atoms with E-state index in [0.29, 0.717) is 0 Å². The molecule has 2 aromatic carbocycles. The Kier molecular flexibility index (Phi) is 3.61. The summed E-state index contributed by atoms with van der Waals surface area (Å²) in [6, 6.07) is 8.41. The molecule has 0 amide bonds. The molecule has 0 saturated carbocycles. The first-order valence-electron chi connectivity index (χ1n) is 5.75. The van der Waals surface area contributed by atoms with Gasteiger partial charge in [-0.1, -0.05) is 18.2 Å². The van der Waals surface area contributed by atoms with Crippen molar-refractivity contribution in [2.24, 2.45) is 0 Å². The second kappa shape index (κ2) is 5.36. The van der Waals surface area contributed by atoms with E-state index in [1.165, 1.54) is 42.5 Å². The van der Waals surface area contributed by atoms with Crippen LogP contribution in [0.25, 0.3) is 6.08 Å². The van der Waals surface area contributed by atoms with E-state index in [-0.39, 0.29) is 28.4 Å². The molecule has 0 unspecified atom stereocenters. The van der Waals surface area contributed by atoms with E-state index in [4.69, 9.17) is 0 Å². The highest BCUT2D eigenvalue weighted by Crippen LogP contribution is 2.31. The van der Waals surface area contributed by atoms with Gasteiger partial charge in [-0.25, -0.2) is 0 Å². The van der Waals surface area contributed by atoms with Crippen molar-refractivity contribution >= 4 is 11.9 Å². The van der Waals surface area contributed by atoms with E-state index in [1.807, 2.05) is 0 Å². The molecule has 4 N–H and O–H groups in total. The number of phenolic OH excluding ortho intramolecular Hbond substituents is 4. The predicted octanol–water partition coefficient (Wildman–Crippen LogP) is 2.41. The zero-order valence-corrected chi connectivity index (χ0v) is 10.3. The van der Waals surface area contributed by atoms with Crippen molar-refractivity contribution in [1.29, 1.82) is 0 Å². The van der Waals surface area contributed by atoms with E-state index in [9.17, 15) is 25.2 Å². The lowest BCUT2D eigenvalue weighted by molar-refractivity contribution is 0.104. The Bertz CT molecular complexity index is 689. The summed E-state index contributed by atoms with van der Waals surface area (Å²) >= 11 is 0. The maximum Gasteiger partial charge on any atom is 0.189 e. The maximum atomic E-state index is 11.9.